The Hall–Kier alpha value is -1.07. The van der Waals surface area contributed by atoms with Gasteiger partial charge in [0.2, 0.25) is 10.0 Å². The van der Waals surface area contributed by atoms with Gasteiger partial charge < -0.3 is 5.32 Å². The Morgan fingerprint density at radius 2 is 1.90 bits per heavy atom. The number of hydrogen-bond donors (Lipinski definition) is 2. The van der Waals surface area contributed by atoms with Crippen LogP contribution in [0.1, 0.15) is 39.5 Å². The number of sulfonamides is 1. The predicted molar refractivity (Wildman–Crippen MR) is 86.9 cm³/mol. The second-order valence-electron chi connectivity index (χ2n) is 5.97. The minimum atomic E-state index is -3.39. The maximum Gasteiger partial charge on any atom is 0.240 e. The van der Waals surface area contributed by atoms with E-state index in [0.29, 0.717) is 23.3 Å². The molecule has 2 N–H and O–H groups in total. The van der Waals surface area contributed by atoms with E-state index in [1.165, 1.54) is 12.8 Å². The highest BCUT2D eigenvalue weighted by atomic mass is 32.2. The summed E-state index contributed by atoms with van der Waals surface area (Å²) in [6.45, 7) is 5.75. The lowest BCUT2D eigenvalue weighted by Gasteiger charge is -2.16. The SMILES string of the molecule is CCCNc1ccc(S(=O)(=O)NCC2CCCC2C)cc1. The van der Waals surface area contributed by atoms with Crippen LogP contribution in [-0.2, 0) is 10.0 Å². The molecule has 21 heavy (non-hydrogen) atoms. The van der Waals surface area contributed by atoms with Gasteiger partial charge in [-0.25, -0.2) is 13.1 Å². The molecule has 4 nitrogen and oxygen atoms in total. The minimum Gasteiger partial charge on any atom is -0.385 e. The zero-order valence-corrected chi connectivity index (χ0v) is 13.7. The highest BCUT2D eigenvalue weighted by molar-refractivity contribution is 7.89. The van der Waals surface area contributed by atoms with Crippen LogP contribution in [0.25, 0.3) is 0 Å². The highest BCUT2D eigenvalue weighted by Crippen LogP contribution is 2.30. The van der Waals surface area contributed by atoms with Crippen LogP contribution in [0.15, 0.2) is 29.2 Å². The van der Waals surface area contributed by atoms with Gasteiger partial charge in [-0.1, -0.05) is 26.7 Å². The number of hydrogen-bond acceptors (Lipinski definition) is 3. The Balaban J connectivity index is 1.95. The number of rotatable bonds is 7. The second-order valence-corrected chi connectivity index (χ2v) is 7.74. The third-order valence-corrected chi connectivity index (χ3v) is 5.76. The van der Waals surface area contributed by atoms with Crippen LogP contribution < -0.4 is 10.0 Å². The summed E-state index contributed by atoms with van der Waals surface area (Å²) in [5, 5.41) is 3.24. The van der Waals surface area contributed by atoms with Gasteiger partial charge in [-0.15, -0.1) is 0 Å². The zero-order valence-electron chi connectivity index (χ0n) is 12.9. The summed E-state index contributed by atoms with van der Waals surface area (Å²) in [5.74, 6) is 1.10. The monoisotopic (exact) mass is 310 g/mol. The third kappa shape index (κ3) is 4.45. The fourth-order valence-electron chi connectivity index (χ4n) is 2.85. The first-order valence-corrected chi connectivity index (χ1v) is 9.35. The lowest BCUT2D eigenvalue weighted by molar-refractivity contribution is 0.414. The number of benzene rings is 1. The molecule has 2 rings (SSSR count). The summed E-state index contributed by atoms with van der Waals surface area (Å²) in [5.41, 5.74) is 0.959. The van der Waals surface area contributed by atoms with Gasteiger partial charge in [0.25, 0.3) is 0 Å². The Labute approximate surface area is 128 Å². The average molecular weight is 310 g/mol. The molecule has 5 heteroatoms. The van der Waals surface area contributed by atoms with Crippen molar-refractivity contribution in [3.8, 4) is 0 Å². The third-order valence-electron chi connectivity index (χ3n) is 4.32. The van der Waals surface area contributed by atoms with Crippen molar-refractivity contribution >= 4 is 15.7 Å². The standard InChI is InChI=1S/C16H26N2O2S/c1-3-11-17-15-7-9-16(10-8-15)21(19,20)18-12-14-6-4-5-13(14)2/h7-10,13-14,17-18H,3-6,11-12H2,1-2H3. The van der Waals surface area contributed by atoms with E-state index in [1.54, 1.807) is 12.1 Å². The summed E-state index contributed by atoms with van der Waals surface area (Å²) < 4.78 is 27.3. The Bertz CT molecular complexity index is 540. The fraction of sp³-hybridized carbons (Fsp3) is 0.625. The summed E-state index contributed by atoms with van der Waals surface area (Å²) >= 11 is 0. The van der Waals surface area contributed by atoms with Gasteiger partial charge in [0.15, 0.2) is 0 Å². The molecular formula is C16H26N2O2S. The summed E-state index contributed by atoms with van der Waals surface area (Å²) in [6.07, 6.45) is 4.60. The van der Waals surface area contributed by atoms with E-state index in [-0.39, 0.29) is 0 Å². The maximum absolute atomic E-state index is 12.3. The molecule has 0 spiro atoms. The summed E-state index contributed by atoms with van der Waals surface area (Å²) in [4.78, 5) is 0.343. The molecule has 1 aromatic rings. The molecule has 1 fully saturated rings. The lowest BCUT2D eigenvalue weighted by atomic mass is 9.99. The molecule has 1 aliphatic carbocycles. The average Bonchev–Trinajstić information content (AvgIpc) is 2.89. The molecule has 0 heterocycles. The van der Waals surface area contributed by atoms with Crippen molar-refractivity contribution in [2.24, 2.45) is 11.8 Å². The molecule has 2 atom stereocenters. The van der Waals surface area contributed by atoms with Gasteiger partial charge >= 0.3 is 0 Å². The first kappa shape index (κ1) is 16.3. The van der Waals surface area contributed by atoms with Crippen LogP contribution >= 0.6 is 0 Å². The van der Waals surface area contributed by atoms with E-state index in [2.05, 4.69) is 23.9 Å². The topological polar surface area (TPSA) is 58.2 Å². The molecule has 118 valence electrons. The van der Waals surface area contributed by atoms with Gasteiger partial charge in [-0.05, 0) is 48.9 Å². The van der Waals surface area contributed by atoms with Crippen LogP contribution in [0.4, 0.5) is 5.69 Å². The molecule has 0 aromatic heterocycles. The fourth-order valence-corrected chi connectivity index (χ4v) is 3.94. The second kappa shape index (κ2) is 7.27. The molecule has 2 unspecified atom stereocenters. The summed E-state index contributed by atoms with van der Waals surface area (Å²) in [7, 11) is -3.39. The lowest BCUT2D eigenvalue weighted by Crippen LogP contribution is -2.30. The van der Waals surface area contributed by atoms with E-state index in [4.69, 9.17) is 0 Å². The molecule has 0 amide bonds. The van der Waals surface area contributed by atoms with Gasteiger partial charge in [-0.3, -0.25) is 0 Å². The van der Waals surface area contributed by atoms with E-state index in [1.807, 2.05) is 12.1 Å². The molecular weight excluding hydrogens is 284 g/mol. The van der Waals surface area contributed by atoms with Crippen molar-refractivity contribution in [2.75, 3.05) is 18.4 Å². The van der Waals surface area contributed by atoms with Crippen LogP contribution in [0, 0.1) is 11.8 Å². The molecule has 0 bridgehead atoms. The van der Waals surface area contributed by atoms with E-state index >= 15 is 0 Å². The first-order chi connectivity index (χ1) is 10.0. The molecule has 0 saturated heterocycles. The Morgan fingerprint density at radius 3 is 2.48 bits per heavy atom. The Morgan fingerprint density at radius 1 is 1.19 bits per heavy atom. The van der Waals surface area contributed by atoms with Crippen LogP contribution in [0.5, 0.6) is 0 Å². The molecule has 1 saturated carbocycles. The largest absolute Gasteiger partial charge is 0.385 e. The zero-order chi connectivity index (χ0) is 15.3. The van der Waals surface area contributed by atoms with Crippen LogP contribution in [-0.4, -0.2) is 21.5 Å². The van der Waals surface area contributed by atoms with Crippen molar-refractivity contribution in [3.05, 3.63) is 24.3 Å². The molecule has 0 radical (unpaired) electrons. The first-order valence-electron chi connectivity index (χ1n) is 7.86. The Kier molecular flexibility index (Phi) is 5.65. The number of nitrogens with one attached hydrogen (secondary N) is 2. The number of anilines is 1. The smallest absolute Gasteiger partial charge is 0.240 e. The highest BCUT2D eigenvalue weighted by Gasteiger charge is 2.25. The van der Waals surface area contributed by atoms with Gasteiger partial charge in [0.05, 0.1) is 4.90 Å². The van der Waals surface area contributed by atoms with Crippen molar-refractivity contribution in [3.63, 3.8) is 0 Å². The van der Waals surface area contributed by atoms with E-state index in [9.17, 15) is 8.42 Å². The van der Waals surface area contributed by atoms with Gasteiger partial charge in [0.1, 0.15) is 0 Å². The van der Waals surface area contributed by atoms with Crippen LogP contribution in [0.2, 0.25) is 0 Å². The van der Waals surface area contributed by atoms with Gasteiger partial charge in [-0.2, -0.15) is 0 Å². The minimum absolute atomic E-state index is 0.343. The summed E-state index contributed by atoms with van der Waals surface area (Å²) in [6, 6.07) is 6.97. The predicted octanol–water partition coefficient (Wildman–Crippen LogP) is 3.22. The van der Waals surface area contributed by atoms with Gasteiger partial charge in [0, 0.05) is 18.8 Å². The van der Waals surface area contributed by atoms with Crippen molar-refractivity contribution in [1.29, 1.82) is 0 Å². The maximum atomic E-state index is 12.3. The van der Waals surface area contributed by atoms with Crippen molar-refractivity contribution in [2.45, 2.75) is 44.4 Å². The molecule has 0 aliphatic heterocycles. The van der Waals surface area contributed by atoms with Crippen LogP contribution in [0.3, 0.4) is 0 Å². The van der Waals surface area contributed by atoms with Crippen molar-refractivity contribution < 1.29 is 8.42 Å². The normalized spacial score (nSPS) is 22.4. The van der Waals surface area contributed by atoms with E-state index in [0.717, 1.165) is 25.1 Å². The quantitative estimate of drug-likeness (QED) is 0.813. The van der Waals surface area contributed by atoms with E-state index < -0.39 is 10.0 Å². The van der Waals surface area contributed by atoms with Crippen molar-refractivity contribution in [1.82, 2.24) is 4.72 Å². The molecule has 1 aromatic carbocycles. The molecule has 1 aliphatic rings.